The first-order chi connectivity index (χ1) is 26.2. The number of benzene rings is 1. The van der Waals surface area contributed by atoms with Crippen LogP contribution in [0.4, 0.5) is 0 Å². The van der Waals surface area contributed by atoms with E-state index in [9.17, 15) is 50.4 Å². The molecule has 1 aromatic carbocycles. The summed E-state index contributed by atoms with van der Waals surface area (Å²) in [6.45, 7) is 12.0. The SMILES string of the molecule is CC1(C)CC2C3=CCC4C5(C)CCC(OC6OC(C(=O)O)C(O)C(O)C6O)C(C)(CO)C5CCC4(C)C3(C)CC(O)C2(CO)C(O)C1OC(=O)c1ccccc1. The number of hydrogen-bond donors (Lipinski definition) is 8. The summed E-state index contributed by atoms with van der Waals surface area (Å²) in [6, 6.07) is 8.59. The summed E-state index contributed by atoms with van der Waals surface area (Å²) in [6.07, 6.45) is -6.42. The second-order valence-electron chi connectivity index (χ2n) is 19.7. The molecule has 13 heteroatoms. The Bertz CT molecular complexity index is 1700. The average Bonchev–Trinajstić information content (AvgIpc) is 3.15. The Morgan fingerprint density at radius 2 is 1.52 bits per heavy atom. The highest BCUT2D eigenvalue weighted by atomic mass is 16.7. The maximum Gasteiger partial charge on any atom is 0.338 e. The number of carboxylic acids is 1. The highest BCUT2D eigenvalue weighted by molar-refractivity contribution is 5.89. The standard InChI is InChI=1S/C43H62O13/c1-38(2)18-24-23-12-13-26-39(3)16-15-28(54-37-31(49)29(47)30(48)32(55-37)35(51)52)40(4,20-44)25(39)14-17-41(26,5)42(23,6)19-27(46)43(24,21-45)33(50)34(38)56-36(53)22-10-8-7-9-11-22/h7-12,24-34,37,44-50H,13-21H2,1-6H3,(H,51,52). The van der Waals surface area contributed by atoms with Crippen molar-refractivity contribution in [3.8, 4) is 0 Å². The molecule has 0 bridgehead atoms. The molecule has 1 aromatic rings. The van der Waals surface area contributed by atoms with Gasteiger partial charge in [0.15, 0.2) is 12.4 Å². The molecule has 6 aliphatic rings. The fourth-order valence-corrected chi connectivity index (χ4v) is 13.4. The van der Waals surface area contributed by atoms with E-state index in [4.69, 9.17) is 14.2 Å². The molecule has 17 atom stereocenters. The van der Waals surface area contributed by atoms with E-state index < -0.39 is 101 Å². The van der Waals surface area contributed by atoms with Gasteiger partial charge >= 0.3 is 11.9 Å². The Hall–Kier alpha value is -2.46. The third-order valence-corrected chi connectivity index (χ3v) is 16.8. The topological polar surface area (TPSA) is 224 Å². The van der Waals surface area contributed by atoms with Gasteiger partial charge < -0.3 is 55.1 Å². The molecule has 312 valence electrons. The number of fused-ring (bicyclic) bond motifs is 7. The van der Waals surface area contributed by atoms with Gasteiger partial charge in [-0.3, -0.25) is 0 Å². The van der Waals surface area contributed by atoms with E-state index in [2.05, 4.69) is 26.8 Å². The minimum Gasteiger partial charge on any atom is -0.479 e. The summed E-state index contributed by atoms with van der Waals surface area (Å²) in [7, 11) is 0. The van der Waals surface area contributed by atoms with E-state index in [1.165, 1.54) is 0 Å². The van der Waals surface area contributed by atoms with Crippen molar-refractivity contribution in [2.24, 2.45) is 50.2 Å². The van der Waals surface area contributed by atoms with Crippen LogP contribution in [0, 0.1) is 50.2 Å². The Balaban J connectivity index is 1.19. The first-order valence-corrected chi connectivity index (χ1v) is 20.3. The fourth-order valence-electron chi connectivity index (χ4n) is 13.4. The molecule has 5 fully saturated rings. The monoisotopic (exact) mass is 786 g/mol. The predicted octanol–water partition coefficient (Wildman–Crippen LogP) is 2.81. The lowest BCUT2D eigenvalue weighted by molar-refractivity contribution is -0.328. The number of rotatable bonds is 7. The minimum atomic E-state index is -1.84. The van der Waals surface area contributed by atoms with Crippen molar-refractivity contribution in [2.45, 2.75) is 142 Å². The molecule has 5 aliphatic carbocycles. The van der Waals surface area contributed by atoms with Crippen LogP contribution in [0.15, 0.2) is 42.0 Å². The summed E-state index contributed by atoms with van der Waals surface area (Å²) in [5.74, 6) is -2.42. The number of hydrogen-bond acceptors (Lipinski definition) is 12. The Kier molecular flexibility index (Phi) is 10.5. The van der Waals surface area contributed by atoms with E-state index in [0.717, 1.165) is 12.0 Å². The van der Waals surface area contributed by atoms with Crippen molar-refractivity contribution in [1.29, 1.82) is 0 Å². The van der Waals surface area contributed by atoms with E-state index in [0.29, 0.717) is 44.1 Å². The average molecular weight is 787 g/mol. The number of aliphatic hydroxyl groups excluding tert-OH is 7. The Labute approximate surface area is 328 Å². The zero-order valence-corrected chi connectivity index (χ0v) is 33.4. The first-order valence-electron chi connectivity index (χ1n) is 20.3. The molecule has 0 aromatic heterocycles. The number of ether oxygens (including phenoxy) is 3. The van der Waals surface area contributed by atoms with Gasteiger partial charge in [-0.2, -0.15) is 0 Å². The summed E-state index contributed by atoms with van der Waals surface area (Å²) >= 11 is 0. The number of carbonyl (C=O) groups is 2. The lowest BCUT2D eigenvalue weighted by Crippen LogP contribution is -2.72. The second kappa shape index (κ2) is 14.1. The molecule has 1 heterocycles. The number of carboxylic acid groups (broad SMARTS) is 1. The molecule has 1 aliphatic heterocycles. The van der Waals surface area contributed by atoms with Crippen molar-refractivity contribution in [3.05, 3.63) is 47.5 Å². The number of aliphatic carboxylic acids is 1. The van der Waals surface area contributed by atoms with Crippen LogP contribution in [0.25, 0.3) is 0 Å². The molecule has 7 rings (SSSR count). The molecule has 0 radical (unpaired) electrons. The Morgan fingerprint density at radius 1 is 0.839 bits per heavy atom. The van der Waals surface area contributed by atoms with Crippen LogP contribution in [0.1, 0.15) is 96.8 Å². The lowest BCUT2D eigenvalue weighted by atomic mass is 9.33. The third-order valence-electron chi connectivity index (χ3n) is 16.8. The van der Waals surface area contributed by atoms with Gasteiger partial charge in [0.1, 0.15) is 30.5 Å². The van der Waals surface area contributed by atoms with Crippen molar-refractivity contribution < 1.29 is 64.7 Å². The van der Waals surface area contributed by atoms with Crippen molar-refractivity contribution in [1.82, 2.24) is 0 Å². The minimum absolute atomic E-state index is 0.0672. The highest BCUT2D eigenvalue weighted by Crippen LogP contribution is 2.76. The molecular formula is C43H62O13. The number of carbonyl (C=O) groups excluding carboxylic acids is 1. The molecule has 13 nitrogen and oxygen atoms in total. The molecule has 0 amide bonds. The summed E-state index contributed by atoms with van der Waals surface area (Å²) < 4.78 is 17.9. The molecule has 56 heavy (non-hydrogen) atoms. The van der Waals surface area contributed by atoms with Crippen molar-refractivity contribution in [3.63, 3.8) is 0 Å². The maximum absolute atomic E-state index is 13.3. The largest absolute Gasteiger partial charge is 0.479 e. The lowest BCUT2D eigenvalue weighted by Gasteiger charge is -2.72. The molecule has 17 unspecified atom stereocenters. The third kappa shape index (κ3) is 5.73. The molecule has 1 saturated heterocycles. The molecule has 0 spiro atoms. The first kappa shape index (κ1) is 41.7. The maximum atomic E-state index is 13.3. The van der Waals surface area contributed by atoms with Crippen LogP contribution in [0.5, 0.6) is 0 Å². The number of esters is 1. The van der Waals surface area contributed by atoms with E-state index >= 15 is 0 Å². The van der Waals surface area contributed by atoms with Gasteiger partial charge in [0.25, 0.3) is 0 Å². The fraction of sp³-hybridized carbons (Fsp3) is 0.767. The van der Waals surface area contributed by atoms with Gasteiger partial charge in [0.05, 0.1) is 36.4 Å². The van der Waals surface area contributed by atoms with Crippen molar-refractivity contribution in [2.75, 3.05) is 13.2 Å². The van der Waals surface area contributed by atoms with Gasteiger partial charge in [-0.15, -0.1) is 0 Å². The number of aliphatic hydroxyl groups is 7. The summed E-state index contributed by atoms with van der Waals surface area (Å²) in [4.78, 5) is 25.1. The quantitative estimate of drug-likeness (QED) is 0.113. The van der Waals surface area contributed by atoms with Crippen LogP contribution < -0.4 is 0 Å². The zero-order chi connectivity index (χ0) is 41.0. The molecule has 4 saturated carbocycles. The molecule has 8 N–H and O–H groups in total. The van der Waals surface area contributed by atoms with E-state index in [1.54, 1.807) is 30.3 Å². The van der Waals surface area contributed by atoms with Crippen LogP contribution in [-0.2, 0) is 19.0 Å². The van der Waals surface area contributed by atoms with Crippen LogP contribution >= 0.6 is 0 Å². The number of allylic oxidation sites excluding steroid dienone is 2. The van der Waals surface area contributed by atoms with Crippen molar-refractivity contribution >= 4 is 11.9 Å². The molecular weight excluding hydrogens is 724 g/mol. The van der Waals surface area contributed by atoms with Crippen LogP contribution in [-0.4, -0.2) is 121 Å². The highest BCUT2D eigenvalue weighted by Gasteiger charge is 2.73. The summed E-state index contributed by atoms with van der Waals surface area (Å²) in [5.41, 5.74) is -2.61. The van der Waals surface area contributed by atoms with Gasteiger partial charge in [-0.1, -0.05) is 71.4 Å². The van der Waals surface area contributed by atoms with Gasteiger partial charge in [0.2, 0.25) is 0 Å². The van der Waals surface area contributed by atoms with Crippen LogP contribution in [0.2, 0.25) is 0 Å². The van der Waals surface area contributed by atoms with Gasteiger partial charge in [0, 0.05) is 10.8 Å². The second-order valence-corrected chi connectivity index (χ2v) is 19.7. The zero-order valence-electron chi connectivity index (χ0n) is 33.4. The van der Waals surface area contributed by atoms with Gasteiger partial charge in [-0.25, -0.2) is 9.59 Å². The van der Waals surface area contributed by atoms with Crippen LogP contribution in [0.3, 0.4) is 0 Å². The normalized spacial score (nSPS) is 49.6. The summed E-state index contributed by atoms with van der Waals surface area (Å²) in [5, 5.41) is 88.1. The Morgan fingerprint density at radius 3 is 2.14 bits per heavy atom. The smallest absolute Gasteiger partial charge is 0.338 e. The predicted molar refractivity (Wildman–Crippen MR) is 201 cm³/mol. The van der Waals surface area contributed by atoms with Gasteiger partial charge in [-0.05, 0) is 91.1 Å². The van der Waals surface area contributed by atoms with E-state index in [-0.39, 0.29) is 29.3 Å². The van der Waals surface area contributed by atoms with E-state index in [1.807, 2.05) is 20.8 Å².